The molecule has 0 saturated carbocycles. The molecule has 0 aromatic heterocycles. The number of aliphatic hydroxyl groups excluding tert-OH is 16. The Morgan fingerprint density at radius 1 is 0.412 bits per heavy atom. The molecule has 36 heteroatoms. The van der Waals surface area contributed by atoms with Crippen LogP contribution in [0.4, 0.5) is 0 Å². The van der Waals surface area contributed by atoms with Crippen LogP contribution in [0.15, 0.2) is 0 Å². The molecule has 594 valence electrons. The summed E-state index contributed by atoms with van der Waals surface area (Å²) in [5, 5.41) is 178. The van der Waals surface area contributed by atoms with E-state index in [0.29, 0.717) is 44.9 Å². The normalized spacial score (nSPS) is 41.5. The summed E-state index contributed by atoms with van der Waals surface area (Å²) < 4.78 is 94.4. The molecule has 6 rings (SSSR count). The van der Waals surface area contributed by atoms with Crippen LogP contribution in [0.3, 0.4) is 0 Å². The number of aliphatic hydroxyl groups is 16. The van der Waals surface area contributed by atoms with Gasteiger partial charge in [0.05, 0.1) is 93.3 Å². The molecule has 16 N–H and O–H groups in total. The van der Waals surface area contributed by atoms with Crippen molar-refractivity contribution in [1.82, 2.24) is 0 Å². The van der Waals surface area contributed by atoms with E-state index < -0.39 is 270 Å². The molecule has 0 unspecified atom stereocenters. The van der Waals surface area contributed by atoms with Crippen molar-refractivity contribution in [2.45, 2.75) is 355 Å². The summed E-state index contributed by atoms with van der Waals surface area (Å²) >= 11 is 0. The van der Waals surface area contributed by atoms with Gasteiger partial charge in [-0.25, -0.2) is 0 Å². The van der Waals surface area contributed by atoms with Crippen molar-refractivity contribution in [3.63, 3.8) is 0 Å². The Labute approximate surface area is 592 Å². The van der Waals surface area contributed by atoms with Gasteiger partial charge in [0.1, 0.15) is 116 Å². The van der Waals surface area contributed by atoms with Crippen LogP contribution in [-0.2, 0) is 95.0 Å². The molecular formula is C66H114O36. The Morgan fingerprint density at radius 2 is 0.853 bits per heavy atom. The van der Waals surface area contributed by atoms with E-state index in [2.05, 4.69) is 4.74 Å². The van der Waals surface area contributed by atoms with E-state index >= 15 is 0 Å². The number of ether oxygens (including phenoxy) is 16. The van der Waals surface area contributed by atoms with Gasteiger partial charge in [0, 0.05) is 0 Å². The molecule has 0 bridgehead atoms. The summed E-state index contributed by atoms with van der Waals surface area (Å²) in [4.78, 5) is 50.9. The van der Waals surface area contributed by atoms with Gasteiger partial charge < -0.3 is 157 Å². The molecular weight excluding hydrogens is 1370 g/mol. The molecule has 36 nitrogen and oxygen atoms in total. The van der Waals surface area contributed by atoms with Crippen LogP contribution in [-0.4, -0.2) is 341 Å². The van der Waals surface area contributed by atoms with Crippen molar-refractivity contribution < 1.29 is 177 Å². The van der Waals surface area contributed by atoms with Gasteiger partial charge in [-0.15, -0.1) is 0 Å². The third-order valence-electron chi connectivity index (χ3n) is 19.9. The number of rotatable bonds is 35. The first-order valence-electron chi connectivity index (χ1n) is 35.3. The molecule has 6 fully saturated rings. The highest BCUT2D eigenvalue weighted by Gasteiger charge is 2.58. The quantitative estimate of drug-likeness (QED) is 0.0162. The van der Waals surface area contributed by atoms with Gasteiger partial charge in [0.25, 0.3) is 0 Å². The average Bonchev–Trinajstić information content (AvgIpc) is 0.777. The van der Waals surface area contributed by atoms with Crippen molar-refractivity contribution in [3.05, 3.63) is 0 Å². The zero-order valence-electron chi connectivity index (χ0n) is 59.7. The third kappa shape index (κ3) is 22.5. The third-order valence-corrected chi connectivity index (χ3v) is 19.9. The lowest BCUT2D eigenvalue weighted by atomic mass is 9.95. The van der Waals surface area contributed by atoms with Crippen LogP contribution in [0.25, 0.3) is 0 Å². The van der Waals surface area contributed by atoms with Gasteiger partial charge in [-0.1, -0.05) is 45.4 Å². The van der Waals surface area contributed by atoms with E-state index in [1.165, 1.54) is 76.3 Å². The maximum absolute atomic E-state index is 13.8. The van der Waals surface area contributed by atoms with E-state index in [1.807, 2.05) is 6.92 Å². The molecule has 0 amide bonds. The molecule has 0 aromatic rings. The zero-order valence-corrected chi connectivity index (χ0v) is 59.7. The van der Waals surface area contributed by atoms with E-state index in [0.717, 1.165) is 12.8 Å². The smallest absolute Gasteiger partial charge is 0.312 e. The lowest BCUT2D eigenvalue weighted by molar-refractivity contribution is -0.402. The van der Waals surface area contributed by atoms with Crippen LogP contribution < -0.4 is 0 Å². The first-order chi connectivity index (χ1) is 48.0. The van der Waals surface area contributed by atoms with Crippen LogP contribution >= 0.6 is 0 Å². The number of carbonyl (C=O) groups excluding carboxylic acids is 4. The second kappa shape index (κ2) is 40.3. The number of methoxy groups -OCH3 is 1. The minimum atomic E-state index is -2.18. The number of unbranched alkanes of at least 4 members (excludes halogenated alkanes) is 4. The molecule has 102 heavy (non-hydrogen) atoms. The Hall–Kier alpha value is -3.24. The second-order valence-corrected chi connectivity index (χ2v) is 27.8. The second-order valence-electron chi connectivity index (χ2n) is 27.8. The summed E-state index contributed by atoms with van der Waals surface area (Å²) in [6, 6.07) is 0. The fourth-order valence-corrected chi connectivity index (χ4v) is 12.5. The van der Waals surface area contributed by atoms with Crippen molar-refractivity contribution in [1.29, 1.82) is 0 Å². The van der Waals surface area contributed by atoms with E-state index in [-0.39, 0.29) is 6.42 Å². The van der Waals surface area contributed by atoms with Gasteiger partial charge in [-0.2, -0.15) is 0 Å². The minimum absolute atomic E-state index is 0.130. The average molecular weight is 1480 g/mol. The summed E-state index contributed by atoms with van der Waals surface area (Å²) in [6.07, 6.45) is -52.9. The number of esters is 4. The van der Waals surface area contributed by atoms with Crippen molar-refractivity contribution in [3.8, 4) is 0 Å². The maximum atomic E-state index is 13.8. The van der Waals surface area contributed by atoms with Crippen molar-refractivity contribution in [2.75, 3.05) is 20.3 Å². The van der Waals surface area contributed by atoms with E-state index in [9.17, 15) is 101 Å². The van der Waals surface area contributed by atoms with Gasteiger partial charge in [-0.3, -0.25) is 19.2 Å². The first-order valence-corrected chi connectivity index (χ1v) is 35.3. The lowest BCUT2D eigenvalue weighted by Gasteiger charge is -2.50. The topological polar surface area (TPSA) is 540 Å². The van der Waals surface area contributed by atoms with Crippen LogP contribution in [0.2, 0.25) is 0 Å². The molecule has 0 aromatic carbocycles. The Morgan fingerprint density at radius 3 is 1.45 bits per heavy atom. The molecule has 0 spiro atoms. The molecule has 6 aliphatic heterocycles. The fourth-order valence-electron chi connectivity index (χ4n) is 12.5. The van der Waals surface area contributed by atoms with Gasteiger partial charge in [0.2, 0.25) is 0 Å². The Balaban J connectivity index is 1.21. The van der Waals surface area contributed by atoms with Crippen molar-refractivity contribution in [2.24, 2.45) is 17.8 Å². The maximum Gasteiger partial charge on any atom is 0.312 e. The van der Waals surface area contributed by atoms with Crippen molar-refractivity contribution >= 4 is 23.9 Å². The largest absolute Gasteiger partial charge is 0.469 e. The first kappa shape index (κ1) is 87.7. The molecule has 0 aliphatic carbocycles. The fraction of sp³-hybridized carbons (Fsp3) is 0.939. The Kier molecular flexibility index (Phi) is 34.6. The van der Waals surface area contributed by atoms with Crippen LogP contribution in [0.1, 0.15) is 140 Å². The van der Waals surface area contributed by atoms with Crippen LogP contribution in [0.5, 0.6) is 0 Å². The number of hydrogen-bond acceptors (Lipinski definition) is 36. The number of carbonyl (C=O) groups is 4. The summed E-state index contributed by atoms with van der Waals surface area (Å²) in [5.41, 5.74) is 0. The van der Waals surface area contributed by atoms with Gasteiger partial charge in [0.15, 0.2) is 49.9 Å². The predicted octanol–water partition coefficient (Wildman–Crippen LogP) is -4.44. The predicted molar refractivity (Wildman–Crippen MR) is 340 cm³/mol. The molecule has 38 atom stereocenters. The SMILES string of the molecule is CCC[C@@H](CCCCCCC[C@H](O)CC(=O)OC)O[C@@H]1O[C@H](CO[C@@H]2O[C@@H](C)[C@H](OC(=O)[C@@H](C)[C@H](C)O)[C@@H](O)[C@H]2O)[C@@H](O)[C@H](O)[C@H]1O[C@@H]1O[C@H](CO)[C@@H](O)[C@H](O)[C@H]1O[C@@H]1O[C@@H](C)[C@H](O[C@@H]2O[C@H](C)[C@@H](OC(=O)[C@H](C)[C@@H](C)OC(=O)[C@H](C)[C@@H](C)O)[C@H](O[C@@H]3O[C@@H](C)[C@H](O)[C@@H](O)[C@H]3O)[C@H]2O)[C@@H](O)[C@H]1O. The Bertz CT molecular complexity index is 2520. The highest BCUT2D eigenvalue weighted by molar-refractivity contribution is 5.76. The highest BCUT2D eigenvalue weighted by atomic mass is 16.8. The summed E-state index contributed by atoms with van der Waals surface area (Å²) in [7, 11) is 1.24. The summed E-state index contributed by atoms with van der Waals surface area (Å²) in [5.74, 6) is -6.38. The monoisotopic (exact) mass is 1480 g/mol. The van der Waals surface area contributed by atoms with Crippen LogP contribution in [0, 0.1) is 17.8 Å². The minimum Gasteiger partial charge on any atom is -0.469 e. The molecule has 6 aliphatic rings. The lowest BCUT2D eigenvalue weighted by Crippen LogP contribution is -2.68. The zero-order chi connectivity index (χ0) is 76.0. The van der Waals surface area contributed by atoms with E-state index in [4.69, 9.17) is 71.1 Å². The molecule has 6 saturated heterocycles. The standard InChI is InChI=1S/C66H114O36/c1-13-19-36(21-18-16-14-15-17-20-35(70)22-39(71)87-12)94-65-56(45(77)42(74)38(96-65)24-88-61-49(81)46(78)52(32(9)91-61)97-59(85)26(3)29(6)69)102-66-57(44(76)41(73)37(23-67)95-66)101-63-50(82)47(79)53(33(10)92-63)99-64-51(83)55(100-62-48(80)43(75)40(72)31(8)90-62)54(34(11)93-64)98-60(86)27(4)30(7)89-58(84)25(2)28(5)68/h25-38,40-57,61-70,72-83H,13-24H2,1-12H3/t25-,26+,27-,28-,29+,30-,31+,32+,33+,34-,35+,36+,37-,38-,40+,41-,42-,43-,44+,45+,46+,47+,48-,49-,50-,51-,52+,53+,54-,55-,56-,57-,61-,62+,63+,64+,65-,66+/m1/s1. The highest BCUT2D eigenvalue weighted by Crippen LogP contribution is 2.39. The van der Waals surface area contributed by atoms with Gasteiger partial charge >= 0.3 is 23.9 Å². The molecule has 6 heterocycles. The van der Waals surface area contributed by atoms with Gasteiger partial charge in [-0.05, 0) is 88.5 Å². The molecule has 0 radical (unpaired) electrons. The van der Waals surface area contributed by atoms with E-state index in [1.54, 1.807) is 0 Å². The summed E-state index contributed by atoms with van der Waals surface area (Å²) in [6.45, 7) is 14.1. The number of hydrogen-bond donors (Lipinski definition) is 16.